The normalized spacial score (nSPS) is 10.2. The van der Waals surface area contributed by atoms with Crippen molar-refractivity contribution >= 4 is 17.5 Å². The molecule has 1 aromatic carbocycles. The molecule has 0 bridgehead atoms. The maximum atomic E-state index is 5.81. The number of benzene rings is 1. The number of aryl methyl sites for hydroxylation is 1. The summed E-state index contributed by atoms with van der Waals surface area (Å²) in [4.78, 5) is 8.16. The lowest BCUT2D eigenvalue weighted by Crippen LogP contribution is -2.11. The number of nitrogens with zero attached hydrogens (tertiary/aromatic N) is 2. The Balaban J connectivity index is 2.05. The Morgan fingerprint density at radius 2 is 2.00 bits per heavy atom. The summed E-state index contributed by atoms with van der Waals surface area (Å²) >= 11 is 5.81. The number of aromatic nitrogens is 2. The van der Waals surface area contributed by atoms with Crippen LogP contribution in [0.5, 0.6) is 5.88 Å². The molecule has 0 aliphatic rings. The summed E-state index contributed by atoms with van der Waals surface area (Å²) in [5.74, 6) is 6.08. The standard InChI is InChI=1S/C12H13ClN4O/c1-8-6-11(16-12(15-8)17-14)18-7-9-2-4-10(13)5-3-9/h2-6H,7,14H2,1H3,(H,15,16,17). The van der Waals surface area contributed by atoms with Crippen LogP contribution in [0.3, 0.4) is 0 Å². The molecule has 0 fully saturated rings. The number of nitrogen functional groups attached to an aromatic ring is 1. The number of anilines is 1. The van der Waals surface area contributed by atoms with Gasteiger partial charge < -0.3 is 4.74 Å². The van der Waals surface area contributed by atoms with Gasteiger partial charge in [-0.1, -0.05) is 23.7 Å². The molecular weight excluding hydrogens is 252 g/mol. The summed E-state index contributed by atoms with van der Waals surface area (Å²) in [6, 6.07) is 9.18. The molecule has 0 spiro atoms. The largest absolute Gasteiger partial charge is 0.473 e. The summed E-state index contributed by atoms with van der Waals surface area (Å²) in [7, 11) is 0. The molecule has 5 nitrogen and oxygen atoms in total. The molecule has 1 aromatic heterocycles. The van der Waals surface area contributed by atoms with Gasteiger partial charge in [0.25, 0.3) is 0 Å². The number of hydrogen-bond donors (Lipinski definition) is 2. The van der Waals surface area contributed by atoms with Crippen LogP contribution in [-0.2, 0) is 6.61 Å². The van der Waals surface area contributed by atoms with E-state index in [2.05, 4.69) is 15.4 Å². The van der Waals surface area contributed by atoms with Gasteiger partial charge in [-0.3, -0.25) is 5.43 Å². The quantitative estimate of drug-likeness (QED) is 0.655. The van der Waals surface area contributed by atoms with E-state index in [1.54, 1.807) is 6.07 Å². The number of nitrogens with one attached hydrogen (secondary N) is 1. The predicted molar refractivity (Wildman–Crippen MR) is 70.4 cm³/mol. The second-order valence-corrected chi connectivity index (χ2v) is 4.17. The molecule has 2 rings (SSSR count). The van der Waals surface area contributed by atoms with Gasteiger partial charge in [0.1, 0.15) is 6.61 Å². The molecule has 2 aromatic rings. The topological polar surface area (TPSA) is 73.1 Å². The Kier molecular flexibility index (Phi) is 3.96. The molecule has 1 heterocycles. The Hall–Kier alpha value is -1.85. The van der Waals surface area contributed by atoms with Crippen LogP contribution in [0, 0.1) is 6.92 Å². The van der Waals surface area contributed by atoms with Crippen molar-refractivity contribution in [3.63, 3.8) is 0 Å². The van der Waals surface area contributed by atoms with E-state index in [0.717, 1.165) is 11.3 Å². The Morgan fingerprint density at radius 3 is 2.67 bits per heavy atom. The average molecular weight is 265 g/mol. The molecule has 0 unspecified atom stereocenters. The minimum atomic E-state index is 0.334. The Labute approximate surface area is 110 Å². The summed E-state index contributed by atoms with van der Waals surface area (Å²) in [6.07, 6.45) is 0. The summed E-state index contributed by atoms with van der Waals surface area (Å²) < 4.78 is 5.57. The maximum Gasteiger partial charge on any atom is 0.240 e. The fourth-order valence-electron chi connectivity index (χ4n) is 1.42. The first-order valence-electron chi connectivity index (χ1n) is 5.37. The molecule has 0 atom stereocenters. The highest BCUT2D eigenvalue weighted by molar-refractivity contribution is 6.30. The van der Waals surface area contributed by atoms with Crippen LogP contribution >= 0.6 is 11.6 Å². The predicted octanol–water partition coefficient (Wildman–Crippen LogP) is 2.30. The fourth-order valence-corrected chi connectivity index (χ4v) is 1.54. The minimum Gasteiger partial charge on any atom is -0.473 e. The number of hydrazine groups is 1. The molecule has 0 saturated heterocycles. The van der Waals surface area contributed by atoms with Crippen molar-refractivity contribution in [3.05, 3.63) is 46.6 Å². The third kappa shape index (κ3) is 3.32. The van der Waals surface area contributed by atoms with E-state index in [-0.39, 0.29) is 0 Å². The van der Waals surface area contributed by atoms with Crippen molar-refractivity contribution in [1.29, 1.82) is 0 Å². The van der Waals surface area contributed by atoms with E-state index in [0.29, 0.717) is 23.5 Å². The molecule has 94 valence electrons. The van der Waals surface area contributed by atoms with Gasteiger partial charge in [0.05, 0.1) is 0 Å². The molecule has 6 heteroatoms. The van der Waals surface area contributed by atoms with Gasteiger partial charge in [-0.2, -0.15) is 4.98 Å². The van der Waals surface area contributed by atoms with E-state index in [4.69, 9.17) is 22.2 Å². The molecule has 0 aliphatic carbocycles. The van der Waals surface area contributed by atoms with Gasteiger partial charge in [-0.05, 0) is 24.6 Å². The zero-order valence-electron chi connectivity index (χ0n) is 9.85. The molecule has 0 amide bonds. The van der Waals surface area contributed by atoms with E-state index in [1.807, 2.05) is 31.2 Å². The molecule has 0 saturated carbocycles. The number of rotatable bonds is 4. The highest BCUT2D eigenvalue weighted by Gasteiger charge is 2.02. The van der Waals surface area contributed by atoms with E-state index in [1.165, 1.54) is 0 Å². The van der Waals surface area contributed by atoms with Crippen LogP contribution in [0.4, 0.5) is 5.95 Å². The van der Waals surface area contributed by atoms with Gasteiger partial charge >= 0.3 is 0 Å². The van der Waals surface area contributed by atoms with E-state index < -0.39 is 0 Å². The number of halogens is 1. The maximum absolute atomic E-state index is 5.81. The second kappa shape index (κ2) is 5.66. The summed E-state index contributed by atoms with van der Waals surface area (Å²) in [5.41, 5.74) is 4.19. The van der Waals surface area contributed by atoms with Crippen LogP contribution in [0.2, 0.25) is 5.02 Å². The molecule has 18 heavy (non-hydrogen) atoms. The van der Waals surface area contributed by atoms with Gasteiger partial charge in [-0.15, -0.1) is 0 Å². The SMILES string of the molecule is Cc1cc(OCc2ccc(Cl)cc2)nc(NN)n1. The lowest BCUT2D eigenvalue weighted by atomic mass is 10.2. The van der Waals surface area contributed by atoms with Crippen LogP contribution < -0.4 is 16.0 Å². The van der Waals surface area contributed by atoms with Crippen LogP contribution in [0.1, 0.15) is 11.3 Å². The number of hydrogen-bond acceptors (Lipinski definition) is 5. The van der Waals surface area contributed by atoms with Crippen molar-refractivity contribution in [1.82, 2.24) is 9.97 Å². The Morgan fingerprint density at radius 1 is 1.28 bits per heavy atom. The highest BCUT2D eigenvalue weighted by Crippen LogP contribution is 2.14. The average Bonchev–Trinajstić information content (AvgIpc) is 2.37. The molecule has 0 aliphatic heterocycles. The zero-order chi connectivity index (χ0) is 13.0. The monoisotopic (exact) mass is 264 g/mol. The molecular formula is C12H13ClN4O. The van der Waals surface area contributed by atoms with Crippen molar-refractivity contribution in [3.8, 4) is 5.88 Å². The summed E-state index contributed by atoms with van der Waals surface area (Å²) in [6.45, 7) is 2.26. The van der Waals surface area contributed by atoms with Gasteiger partial charge in [0, 0.05) is 16.8 Å². The first-order valence-corrected chi connectivity index (χ1v) is 5.75. The third-order valence-corrected chi connectivity index (χ3v) is 2.51. The van der Waals surface area contributed by atoms with Crippen molar-refractivity contribution in [2.75, 3.05) is 5.43 Å². The first-order chi connectivity index (χ1) is 8.67. The van der Waals surface area contributed by atoms with Crippen LogP contribution in [0.15, 0.2) is 30.3 Å². The third-order valence-electron chi connectivity index (χ3n) is 2.26. The fraction of sp³-hybridized carbons (Fsp3) is 0.167. The number of ether oxygens (including phenoxy) is 1. The van der Waals surface area contributed by atoms with Crippen molar-refractivity contribution in [2.45, 2.75) is 13.5 Å². The zero-order valence-corrected chi connectivity index (χ0v) is 10.6. The van der Waals surface area contributed by atoms with Gasteiger partial charge in [0.15, 0.2) is 0 Å². The van der Waals surface area contributed by atoms with Crippen LogP contribution in [0.25, 0.3) is 0 Å². The van der Waals surface area contributed by atoms with Gasteiger partial charge in [-0.25, -0.2) is 10.8 Å². The molecule has 3 N–H and O–H groups in total. The first kappa shape index (κ1) is 12.6. The van der Waals surface area contributed by atoms with Crippen molar-refractivity contribution < 1.29 is 4.74 Å². The smallest absolute Gasteiger partial charge is 0.240 e. The highest BCUT2D eigenvalue weighted by atomic mass is 35.5. The Bertz CT molecular complexity index is 530. The van der Waals surface area contributed by atoms with E-state index in [9.17, 15) is 0 Å². The molecule has 0 radical (unpaired) electrons. The lowest BCUT2D eigenvalue weighted by molar-refractivity contribution is 0.293. The second-order valence-electron chi connectivity index (χ2n) is 3.73. The van der Waals surface area contributed by atoms with Crippen LogP contribution in [-0.4, -0.2) is 9.97 Å². The minimum absolute atomic E-state index is 0.334. The number of nitrogens with two attached hydrogens (primary N) is 1. The van der Waals surface area contributed by atoms with E-state index >= 15 is 0 Å². The van der Waals surface area contributed by atoms with Crippen molar-refractivity contribution in [2.24, 2.45) is 5.84 Å². The lowest BCUT2D eigenvalue weighted by Gasteiger charge is -2.07. The van der Waals surface area contributed by atoms with Gasteiger partial charge in [0.2, 0.25) is 11.8 Å². The summed E-state index contributed by atoms with van der Waals surface area (Å²) in [5, 5.41) is 0.700.